The summed E-state index contributed by atoms with van der Waals surface area (Å²) in [6, 6.07) is 6.10. The van der Waals surface area contributed by atoms with Gasteiger partial charge in [-0.1, -0.05) is 12.1 Å². The molecular formula is C13H18N2O2. The maximum absolute atomic E-state index is 10.7. The third-order valence-corrected chi connectivity index (χ3v) is 2.77. The number of hydrogen-bond donors (Lipinski definition) is 2. The maximum atomic E-state index is 10.7. The number of amides is 1. The van der Waals surface area contributed by atoms with Crippen molar-refractivity contribution in [2.24, 2.45) is 0 Å². The smallest absolute Gasteiger partial charge is 0.216 e. The number of carbonyl (C=O) groups excluding carboxylic acids is 1. The number of ether oxygens (including phenoxy) is 1. The topological polar surface area (TPSA) is 50.4 Å². The van der Waals surface area contributed by atoms with Crippen LogP contribution in [0.1, 0.15) is 18.9 Å². The summed E-state index contributed by atoms with van der Waals surface area (Å²) in [5, 5.41) is 6.08. The van der Waals surface area contributed by atoms with Gasteiger partial charge in [-0.3, -0.25) is 4.79 Å². The van der Waals surface area contributed by atoms with Gasteiger partial charge in [0.1, 0.15) is 12.4 Å². The van der Waals surface area contributed by atoms with E-state index in [-0.39, 0.29) is 5.91 Å². The van der Waals surface area contributed by atoms with Crippen LogP contribution in [0.5, 0.6) is 5.75 Å². The molecule has 0 unspecified atom stereocenters. The lowest BCUT2D eigenvalue weighted by molar-refractivity contribution is -0.119. The summed E-state index contributed by atoms with van der Waals surface area (Å²) in [7, 11) is 0. The third-order valence-electron chi connectivity index (χ3n) is 2.77. The van der Waals surface area contributed by atoms with Gasteiger partial charge in [-0.2, -0.15) is 0 Å². The lowest BCUT2D eigenvalue weighted by atomic mass is 10.0. The molecule has 1 heterocycles. The predicted molar refractivity (Wildman–Crippen MR) is 67.4 cm³/mol. The zero-order valence-electron chi connectivity index (χ0n) is 10.1. The van der Waals surface area contributed by atoms with Crippen molar-refractivity contribution in [2.45, 2.75) is 19.8 Å². The molecule has 1 aliphatic rings. The molecule has 4 heteroatoms. The van der Waals surface area contributed by atoms with E-state index in [0.29, 0.717) is 13.2 Å². The van der Waals surface area contributed by atoms with Crippen molar-refractivity contribution in [1.29, 1.82) is 0 Å². The zero-order valence-corrected chi connectivity index (χ0v) is 10.1. The Bertz CT molecular complexity index is 404. The lowest BCUT2D eigenvalue weighted by Crippen LogP contribution is -2.25. The Morgan fingerprint density at radius 1 is 1.53 bits per heavy atom. The highest BCUT2D eigenvalue weighted by molar-refractivity contribution is 5.72. The standard InChI is InChI=1S/C13H18N2O2/c1-10(16)14-8-9-17-12-6-2-4-11-5-3-7-15-13(11)12/h2,4,6,15H,3,5,7-9H2,1H3,(H,14,16). The van der Waals surface area contributed by atoms with E-state index in [2.05, 4.69) is 16.7 Å². The Kier molecular flexibility index (Phi) is 3.85. The fourth-order valence-corrected chi connectivity index (χ4v) is 1.99. The number of benzene rings is 1. The van der Waals surface area contributed by atoms with Crippen LogP contribution < -0.4 is 15.4 Å². The van der Waals surface area contributed by atoms with Crippen LogP contribution in [-0.4, -0.2) is 25.6 Å². The minimum absolute atomic E-state index is 0.0261. The second-order valence-electron chi connectivity index (χ2n) is 4.15. The summed E-state index contributed by atoms with van der Waals surface area (Å²) < 4.78 is 5.68. The molecule has 0 spiro atoms. The first-order chi connectivity index (χ1) is 8.27. The lowest BCUT2D eigenvalue weighted by Gasteiger charge is -2.21. The van der Waals surface area contributed by atoms with Crippen molar-refractivity contribution in [3.8, 4) is 5.75 Å². The average Bonchev–Trinajstić information content (AvgIpc) is 2.34. The molecule has 1 amide bonds. The molecule has 4 nitrogen and oxygen atoms in total. The van der Waals surface area contributed by atoms with Gasteiger partial charge < -0.3 is 15.4 Å². The molecule has 0 atom stereocenters. The molecule has 0 fully saturated rings. The van der Waals surface area contributed by atoms with Crippen LogP contribution in [0.15, 0.2) is 18.2 Å². The van der Waals surface area contributed by atoms with Crippen molar-refractivity contribution in [3.63, 3.8) is 0 Å². The molecule has 0 saturated carbocycles. The predicted octanol–water partition coefficient (Wildman–Crippen LogP) is 1.56. The van der Waals surface area contributed by atoms with E-state index in [1.165, 1.54) is 18.9 Å². The van der Waals surface area contributed by atoms with E-state index in [9.17, 15) is 4.79 Å². The Hall–Kier alpha value is -1.71. The number of anilines is 1. The number of nitrogens with one attached hydrogen (secondary N) is 2. The van der Waals surface area contributed by atoms with Crippen LogP contribution in [-0.2, 0) is 11.2 Å². The van der Waals surface area contributed by atoms with Crippen LogP contribution in [0.2, 0.25) is 0 Å². The van der Waals surface area contributed by atoms with Gasteiger partial charge in [0.25, 0.3) is 0 Å². The van der Waals surface area contributed by atoms with Crippen molar-refractivity contribution < 1.29 is 9.53 Å². The first-order valence-electron chi connectivity index (χ1n) is 6.00. The monoisotopic (exact) mass is 234 g/mol. The molecule has 0 bridgehead atoms. The fourth-order valence-electron chi connectivity index (χ4n) is 1.99. The highest BCUT2D eigenvalue weighted by Crippen LogP contribution is 2.31. The van der Waals surface area contributed by atoms with E-state index in [0.717, 1.165) is 24.4 Å². The molecule has 1 aliphatic heterocycles. The largest absolute Gasteiger partial charge is 0.490 e. The first-order valence-corrected chi connectivity index (χ1v) is 6.00. The summed E-state index contributed by atoms with van der Waals surface area (Å²) in [4.78, 5) is 10.7. The number of para-hydroxylation sites is 1. The van der Waals surface area contributed by atoms with Crippen molar-refractivity contribution in [1.82, 2.24) is 5.32 Å². The molecular weight excluding hydrogens is 216 g/mol. The van der Waals surface area contributed by atoms with E-state index in [4.69, 9.17) is 4.74 Å². The SMILES string of the molecule is CC(=O)NCCOc1cccc2c1NCCC2. The minimum Gasteiger partial charge on any atom is -0.490 e. The molecule has 0 saturated heterocycles. The average molecular weight is 234 g/mol. The van der Waals surface area contributed by atoms with E-state index in [1.54, 1.807) is 0 Å². The Morgan fingerprint density at radius 2 is 2.41 bits per heavy atom. The van der Waals surface area contributed by atoms with Crippen molar-refractivity contribution in [2.75, 3.05) is 25.0 Å². The molecule has 0 aromatic heterocycles. The van der Waals surface area contributed by atoms with Gasteiger partial charge in [0.15, 0.2) is 0 Å². The molecule has 1 aromatic carbocycles. The van der Waals surface area contributed by atoms with E-state index < -0.39 is 0 Å². The molecule has 2 rings (SSSR count). The number of rotatable bonds is 4. The fraction of sp³-hybridized carbons (Fsp3) is 0.462. The Balaban J connectivity index is 1.94. The quantitative estimate of drug-likeness (QED) is 0.777. The number of fused-ring (bicyclic) bond motifs is 1. The van der Waals surface area contributed by atoms with E-state index >= 15 is 0 Å². The molecule has 17 heavy (non-hydrogen) atoms. The van der Waals surface area contributed by atoms with Gasteiger partial charge >= 0.3 is 0 Å². The molecule has 0 aliphatic carbocycles. The molecule has 92 valence electrons. The maximum Gasteiger partial charge on any atom is 0.216 e. The highest BCUT2D eigenvalue weighted by Gasteiger charge is 2.12. The van der Waals surface area contributed by atoms with Crippen LogP contribution in [0, 0.1) is 0 Å². The molecule has 0 radical (unpaired) electrons. The summed E-state index contributed by atoms with van der Waals surface area (Å²) in [5.41, 5.74) is 2.43. The van der Waals surface area contributed by atoms with Crippen molar-refractivity contribution >= 4 is 11.6 Å². The Labute approximate surface area is 101 Å². The summed E-state index contributed by atoms with van der Waals surface area (Å²) in [5.74, 6) is 0.856. The summed E-state index contributed by atoms with van der Waals surface area (Å²) >= 11 is 0. The normalized spacial score (nSPS) is 13.5. The Morgan fingerprint density at radius 3 is 3.24 bits per heavy atom. The van der Waals surface area contributed by atoms with Crippen LogP contribution in [0.4, 0.5) is 5.69 Å². The van der Waals surface area contributed by atoms with Gasteiger partial charge in [-0.05, 0) is 24.5 Å². The molecule has 1 aromatic rings. The van der Waals surface area contributed by atoms with Crippen LogP contribution in [0.3, 0.4) is 0 Å². The first kappa shape index (κ1) is 11.8. The summed E-state index contributed by atoms with van der Waals surface area (Å²) in [6.07, 6.45) is 2.27. The second-order valence-corrected chi connectivity index (χ2v) is 4.15. The van der Waals surface area contributed by atoms with Gasteiger partial charge in [-0.25, -0.2) is 0 Å². The number of aryl methyl sites for hydroxylation is 1. The van der Waals surface area contributed by atoms with Crippen LogP contribution >= 0.6 is 0 Å². The van der Waals surface area contributed by atoms with Gasteiger partial charge in [0.05, 0.1) is 12.2 Å². The van der Waals surface area contributed by atoms with Crippen LogP contribution in [0.25, 0.3) is 0 Å². The number of hydrogen-bond acceptors (Lipinski definition) is 3. The van der Waals surface area contributed by atoms with E-state index in [1.807, 2.05) is 12.1 Å². The highest BCUT2D eigenvalue weighted by atomic mass is 16.5. The summed E-state index contributed by atoms with van der Waals surface area (Å²) in [6.45, 7) is 3.54. The van der Waals surface area contributed by atoms with Gasteiger partial charge in [0.2, 0.25) is 5.91 Å². The van der Waals surface area contributed by atoms with Gasteiger partial charge in [-0.15, -0.1) is 0 Å². The second kappa shape index (κ2) is 5.57. The number of carbonyl (C=O) groups is 1. The minimum atomic E-state index is -0.0261. The zero-order chi connectivity index (χ0) is 12.1. The third kappa shape index (κ3) is 3.12. The van der Waals surface area contributed by atoms with Gasteiger partial charge in [0, 0.05) is 13.5 Å². The molecule has 2 N–H and O–H groups in total. The van der Waals surface area contributed by atoms with Crippen molar-refractivity contribution in [3.05, 3.63) is 23.8 Å².